The van der Waals surface area contributed by atoms with Gasteiger partial charge in [-0.25, -0.2) is 4.79 Å². The molecule has 0 aromatic heterocycles. The van der Waals surface area contributed by atoms with Crippen LogP contribution < -0.4 is 10.6 Å². The van der Waals surface area contributed by atoms with Gasteiger partial charge in [0, 0.05) is 5.69 Å². The highest BCUT2D eigenvalue weighted by Gasteiger charge is 2.44. The Labute approximate surface area is 129 Å². The summed E-state index contributed by atoms with van der Waals surface area (Å²) in [6.45, 7) is 6.99. The molecule has 1 saturated heterocycles. The van der Waals surface area contributed by atoms with Crippen LogP contribution in [0.15, 0.2) is 24.3 Å². The highest BCUT2D eigenvalue weighted by molar-refractivity contribution is 6.09. The van der Waals surface area contributed by atoms with Gasteiger partial charge in [-0.2, -0.15) is 0 Å². The van der Waals surface area contributed by atoms with Gasteiger partial charge in [-0.05, 0) is 31.4 Å². The predicted molar refractivity (Wildman–Crippen MR) is 83.5 cm³/mol. The number of imide groups is 1. The third-order valence-corrected chi connectivity index (χ3v) is 3.60. The van der Waals surface area contributed by atoms with E-state index >= 15 is 0 Å². The molecule has 1 fully saturated rings. The fraction of sp³-hybridized carbons (Fsp3) is 0.438. The summed E-state index contributed by atoms with van der Waals surface area (Å²) in [7, 11) is 0. The van der Waals surface area contributed by atoms with Gasteiger partial charge >= 0.3 is 6.03 Å². The molecule has 0 spiro atoms. The van der Waals surface area contributed by atoms with E-state index in [0.29, 0.717) is 5.69 Å². The average molecular weight is 303 g/mol. The molecule has 2 rings (SSSR count). The van der Waals surface area contributed by atoms with Crippen LogP contribution in [0.25, 0.3) is 0 Å². The van der Waals surface area contributed by atoms with Crippen molar-refractivity contribution in [2.45, 2.75) is 39.2 Å². The molecule has 0 saturated carbocycles. The van der Waals surface area contributed by atoms with Crippen LogP contribution in [0.1, 0.15) is 39.2 Å². The molecule has 1 aliphatic heterocycles. The molecule has 0 aliphatic carbocycles. The molecule has 2 N–H and O–H groups in total. The number of urea groups is 1. The Kier molecular flexibility index (Phi) is 4.21. The number of anilines is 1. The Bertz CT molecular complexity index is 623. The lowest BCUT2D eigenvalue weighted by atomic mass is 10.0. The molecule has 6 nitrogen and oxygen atoms in total. The summed E-state index contributed by atoms with van der Waals surface area (Å²) in [5.74, 6) is -0.536. The third-order valence-electron chi connectivity index (χ3n) is 3.60. The summed E-state index contributed by atoms with van der Waals surface area (Å²) >= 11 is 0. The fourth-order valence-corrected chi connectivity index (χ4v) is 2.41. The Balaban J connectivity index is 2.09. The topological polar surface area (TPSA) is 78.5 Å². The van der Waals surface area contributed by atoms with Crippen molar-refractivity contribution in [3.63, 3.8) is 0 Å². The van der Waals surface area contributed by atoms with Crippen LogP contribution in [0.4, 0.5) is 10.5 Å². The standard InChI is InChI=1S/C16H21N3O3/c1-10(2)11-7-5-6-8-12(11)17-13(20)9-19-14(21)16(3,4)18-15(19)22/h5-8,10H,9H2,1-4H3,(H,17,20)(H,18,22). The van der Waals surface area contributed by atoms with Gasteiger partial charge in [-0.3, -0.25) is 14.5 Å². The molecule has 1 aromatic rings. The van der Waals surface area contributed by atoms with Crippen molar-refractivity contribution in [2.24, 2.45) is 0 Å². The highest BCUT2D eigenvalue weighted by Crippen LogP contribution is 2.24. The van der Waals surface area contributed by atoms with E-state index in [-0.39, 0.29) is 12.5 Å². The molecule has 1 heterocycles. The molecule has 118 valence electrons. The first-order valence-electron chi connectivity index (χ1n) is 7.25. The van der Waals surface area contributed by atoms with Crippen molar-refractivity contribution in [3.05, 3.63) is 29.8 Å². The van der Waals surface area contributed by atoms with Gasteiger partial charge in [-0.1, -0.05) is 32.0 Å². The molecule has 4 amide bonds. The number of benzene rings is 1. The second-order valence-electron chi connectivity index (χ2n) is 6.24. The third kappa shape index (κ3) is 3.10. The van der Waals surface area contributed by atoms with Gasteiger partial charge in [0.05, 0.1) is 0 Å². The second kappa shape index (κ2) is 5.79. The number of nitrogens with one attached hydrogen (secondary N) is 2. The highest BCUT2D eigenvalue weighted by atomic mass is 16.2. The molecule has 6 heteroatoms. The van der Waals surface area contributed by atoms with Crippen molar-refractivity contribution in [3.8, 4) is 0 Å². The van der Waals surface area contributed by atoms with Crippen LogP contribution in [0, 0.1) is 0 Å². The summed E-state index contributed by atoms with van der Waals surface area (Å²) in [5, 5.41) is 5.32. The van der Waals surface area contributed by atoms with Gasteiger partial charge < -0.3 is 10.6 Å². The lowest BCUT2D eigenvalue weighted by Crippen LogP contribution is -2.41. The monoisotopic (exact) mass is 303 g/mol. The molecule has 0 bridgehead atoms. The fourth-order valence-electron chi connectivity index (χ4n) is 2.41. The quantitative estimate of drug-likeness (QED) is 0.836. The number of carbonyl (C=O) groups is 3. The Morgan fingerprint density at radius 1 is 1.27 bits per heavy atom. The smallest absolute Gasteiger partial charge is 0.324 e. The number of nitrogens with zero attached hydrogens (tertiary/aromatic N) is 1. The van der Waals surface area contributed by atoms with E-state index in [4.69, 9.17) is 0 Å². The van der Waals surface area contributed by atoms with E-state index in [1.54, 1.807) is 13.8 Å². The van der Waals surface area contributed by atoms with Gasteiger partial charge in [0.1, 0.15) is 12.1 Å². The van der Waals surface area contributed by atoms with Crippen molar-refractivity contribution in [2.75, 3.05) is 11.9 Å². The van der Waals surface area contributed by atoms with Crippen molar-refractivity contribution >= 4 is 23.5 Å². The van der Waals surface area contributed by atoms with E-state index in [1.807, 2.05) is 38.1 Å². The zero-order chi connectivity index (χ0) is 16.5. The van der Waals surface area contributed by atoms with Crippen molar-refractivity contribution in [1.82, 2.24) is 10.2 Å². The minimum Gasteiger partial charge on any atom is -0.324 e. The van der Waals surface area contributed by atoms with Gasteiger partial charge in [0.15, 0.2) is 0 Å². The molecule has 22 heavy (non-hydrogen) atoms. The zero-order valence-corrected chi connectivity index (χ0v) is 13.3. The van der Waals surface area contributed by atoms with E-state index in [1.165, 1.54) is 0 Å². The Morgan fingerprint density at radius 2 is 1.91 bits per heavy atom. The van der Waals surface area contributed by atoms with Crippen LogP contribution in [0.3, 0.4) is 0 Å². The molecule has 1 aliphatic rings. The number of carbonyl (C=O) groups excluding carboxylic acids is 3. The van der Waals surface area contributed by atoms with E-state index in [0.717, 1.165) is 10.5 Å². The number of amides is 4. The molecular formula is C16H21N3O3. The Hall–Kier alpha value is -2.37. The normalized spacial score (nSPS) is 16.9. The lowest BCUT2D eigenvalue weighted by molar-refractivity contribution is -0.132. The second-order valence-corrected chi connectivity index (χ2v) is 6.24. The summed E-state index contributed by atoms with van der Waals surface area (Å²) in [6.07, 6.45) is 0. The first kappa shape index (κ1) is 16.0. The zero-order valence-electron chi connectivity index (χ0n) is 13.3. The largest absolute Gasteiger partial charge is 0.325 e. The molecule has 0 unspecified atom stereocenters. The summed E-state index contributed by atoms with van der Waals surface area (Å²) in [5.41, 5.74) is 0.745. The van der Waals surface area contributed by atoms with Crippen LogP contribution in [-0.2, 0) is 9.59 Å². The van der Waals surface area contributed by atoms with Crippen LogP contribution >= 0.6 is 0 Å². The summed E-state index contributed by atoms with van der Waals surface area (Å²) in [6, 6.07) is 6.95. The van der Waals surface area contributed by atoms with Gasteiger partial charge in [-0.15, -0.1) is 0 Å². The van der Waals surface area contributed by atoms with E-state index in [2.05, 4.69) is 10.6 Å². The minimum atomic E-state index is -0.965. The van der Waals surface area contributed by atoms with Crippen LogP contribution in [-0.4, -0.2) is 34.8 Å². The van der Waals surface area contributed by atoms with E-state index in [9.17, 15) is 14.4 Å². The lowest BCUT2D eigenvalue weighted by Gasteiger charge is -2.17. The average Bonchev–Trinajstić information content (AvgIpc) is 2.61. The Morgan fingerprint density at radius 3 is 2.45 bits per heavy atom. The first-order chi connectivity index (χ1) is 10.2. The first-order valence-corrected chi connectivity index (χ1v) is 7.25. The molecule has 0 radical (unpaired) electrons. The number of hydrogen-bond donors (Lipinski definition) is 2. The molecular weight excluding hydrogens is 282 g/mol. The van der Waals surface area contributed by atoms with Gasteiger partial charge in [0.25, 0.3) is 5.91 Å². The number of rotatable bonds is 4. The molecule has 0 atom stereocenters. The van der Waals surface area contributed by atoms with Gasteiger partial charge in [0.2, 0.25) is 5.91 Å². The summed E-state index contributed by atoms with van der Waals surface area (Å²) in [4.78, 5) is 36.9. The maximum absolute atomic E-state index is 12.2. The summed E-state index contributed by atoms with van der Waals surface area (Å²) < 4.78 is 0. The maximum atomic E-state index is 12.2. The maximum Gasteiger partial charge on any atom is 0.325 e. The van der Waals surface area contributed by atoms with Crippen LogP contribution in [0.5, 0.6) is 0 Å². The van der Waals surface area contributed by atoms with E-state index < -0.39 is 23.4 Å². The number of para-hydroxylation sites is 1. The van der Waals surface area contributed by atoms with Crippen molar-refractivity contribution < 1.29 is 14.4 Å². The minimum absolute atomic E-state index is 0.257. The van der Waals surface area contributed by atoms with Crippen molar-refractivity contribution in [1.29, 1.82) is 0 Å². The molecule has 1 aromatic carbocycles. The van der Waals surface area contributed by atoms with Crippen LogP contribution in [0.2, 0.25) is 0 Å². The SMILES string of the molecule is CC(C)c1ccccc1NC(=O)CN1C(=O)NC(C)(C)C1=O. The number of hydrogen-bond acceptors (Lipinski definition) is 3. The predicted octanol–water partition coefficient (Wildman–Crippen LogP) is 2.08.